The van der Waals surface area contributed by atoms with Crippen LogP contribution in [0.25, 0.3) is 0 Å². The Morgan fingerprint density at radius 3 is 2.56 bits per heavy atom. The molecule has 1 saturated carbocycles. The lowest BCUT2D eigenvalue weighted by Gasteiger charge is -2.53. The first-order valence-corrected chi connectivity index (χ1v) is 7.20. The first-order chi connectivity index (χ1) is 8.24. The minimum atomic E-state index is -0.0550. The van der Waals surface area contributed by atoms with Crippen LogP contribution < -0.4 is 5.32 Å². The molecule has 0 aromatic rings. The minimum Gasteiger partial charge on any atom is -0.305 e. The van der Waals surface area contributed by atoms with Gasteiger partial charge in [-0.25, -0.2) is 0 Å². The second-order valence-electron chi connectivity index (χ2n) is 7.28. The van der Waals surface area contributed by atoms with E-state index in [4.69, 9.17) is 0 Å². The molecule has 0 amide bonds. The van der Waals surface area contributed by atoms with Crippen molar-refractivity contribution < 1.29 is 4.79 Å². The van der Waals surface area contributed by atoms with Gasteiger partial charge in [-0.15, -0.1) is 0 Å². The maximum Gasteiger partial charge on any atom is 0.136 e. The zero-order chi connectivity index (χ0) is 13.6. The number of piperidine rings is 1. The molecule has 3 atom stereocenters. The molecule has 102 valence electrons. The van der Waals surface area contributed by atoms with Crippen molar-refractivity contribution in [3.63, 3.8) is 0 Å². The standard InChI is InChI=1S/C16H27NO/c1-11(2)13-7-6-12(3)16(8-13)10-14(18)9-15(4,5)17-16/h12-13,17H,1,6-10H2,2-5H3/t12-,13-,16+/m1/s1. The molecule has 1 N–H and O–H groups in total. The smallest absolute Gasteiger partial charge is 0.136 e. The molecular weight excluding hydrogens is 222 g/mol. The highest BCUT2D eigenvalue weighted by atomic mass is 16.1. The van der Waals surface area contributed by atoms with Crippen molar-refractivity contribution in [1.82, 2.24) is 5.32 Å². The fourth-order valence-electron chi connectivity index (χ4n) is 3.98. The Hall–Kier alpha value is -0.630. The molecule has 0 unspecified atom stereocenters. The first kappa shape index (κ1) is 13.8. The summed E-state index contributed by atoms with van der Waals surface area (Å²) >= 11 is 0. The molecule has 1 saturated heterocycles. The number of hydrogen-bond acceptors (Lipinski definition) is 2. The van der Waals surface area contributed by atoms with Crippen LogP contribution in [-0.4, -0.2) is 16.9 Å². The summed E-state index contributed by atoms with van der Waals surface area (Å²) in [6.45, 7) is 12.9. The van der Waals surface area contributed by atoms with Gasteiger partial charge < -0.3 is 5.32 Å². The second-order valence-corrected chi connectivity index (χ2v) is 7.28. The van der Waals surface area contributed by atoms with Gasteiger partial charge in [-0.3, -0.25) is 4.79 Å². The lowest BCUT2D eigenvalue weighted by atomic mass is 9.62. The summed E-state index contributed by atoms with van der Waals surface area (Å²) in [4.78, 5) is 12.1. The zero-order valence-electron chi connectivity index (χ0n) is 12.3. The Morgan fingerprint density at radius 2 is 2.00 bits per heavy atom. The van der Waals surface area contributed by atoms with Gasteiger partial charge in [0.05, 0.1) is 0 Å². The first-order valence-electron chi connectivity index (χ1n) is 7.20. The molecule has 1 aliphatic heterocycles. The molecule has 2 fully saturated rings. The topological polar surface area (TPSA) is 29.1 Å². The van der Waals surface area contributed by atoms with Crippen LogP contribution in [0.4, 0.5) is 0 Å². The number of carbonyl (C=O) groups excluding carboxylic acids is 1. The number of nitrogens with one attached hydrogen (secondary N) is 1. The lowest BCUT2D eigenvalue weighted by molar-refractivity contribution is -0.127. The SMILES string of the molecule is C=C(C)[C@@H]1CC[C@@H](C)[C@@]2(CC(=O)CC(C)(C)N2)C1. The molecule has 0 aromatic heterocycles. The van der Waals surface area contributed by atoms with E-state index in [0.29, 0.717) is 30.5 Å². The Balaban J connectivity index is 2.26. The molecule has 0 radical (unpaired) electrons. The summed E-state index contributed by atoms with van der Waals surface area (Å²) in [7, 11) is 0. The van der Waals surface area contributed by atoms with Crippen molar-refractivity contribution in [3.8, 4) is 0 Å². The molecule has 2 nitrogen and oxygen atoms in total. The van der Waals surface area contributed by atoms with Gasteiger partial charge >= 0.3 is 0 Å². The molecule has 18 heavy (non-hydrogen) atoms. The maximum absolute atomic E-state index is 12.1. The number of allylic oxidation sites excluding steroid dienone is 1. The Bertz CT molecular complexity index is 371. The summed E-state index contributed by atoms with van der Waals surface area (Å²) in [5, 5.41) is 3.81. The number of rotatable bonds is 1. The van der Waals surface area contributed by atoms with Crippen LogP contribution >= 0.6 is 0 Å². The lowest BCUT2D eigenvalue weighted by Crippen LogP contribution is -2.65. The van der Waals surface area contributed by atoms with Gasteiger partial charge in [0, 0.05) is 23.9 Å². The van der Waals surface area contributed by atoms with Crippen LogP contribution in [0.15, 0.2) is 12.2 Å². The largest absolute Gasteiger partial charge is 0.305 e. The fourth-order valence-corrected chi connectivity index (χ4v) is 3.98. The van der Waals surface area contributed by atoms with Gasteiger partial charge in [0.25, 0.3) is 0 Å². The van der Waals surface area contributed by atoms with Crippen LogP contribution in [0.3, 0.4) is 0 Å². The van der Waals surface area contributed by atoms with Crippen LogP contribution in [-0.2, 0) is 4.79 Å². The molecule has 0 bridgehead atoms. The van der Waals surface area contributed by atoms with E-state index in [9.17, 15) is 4.79 Å². The molecule has 2 aliphatic rings. The van der Waals surface area contributed by atoms with Crippen LogP contribution in [0.1, 0.15) is 59.8 Å². The normalized spacial score (nSPS) is 39.9. The van der Waals surface area contributed by atoms with E-state index in [-0.39, 0.29) is 11.1 Å². The minimum absolute atomic E-state index is 0.0146. The van der Waals surface area contributed by atoms with Gasteiger partial charge in [0.1, 0.15) is 5.78 Å². The van der Waals surface area contributed by atoms with Gasteiger partial charge in [-0.05, 0) is 51.9 Å². The predicted molar refractivity (Wildman–Crippen MR) is 75.5 cm³/mol. The number of hydrogen-bond donors (Lipinski definition) is 1. The van der Waals surface area contributed by atoms with E-state index in [1.165, 1.54) is 18.4 Å². The highest BCUT2D eigenvalue weighted by Gasteiger charge is 2.49. The van der Waals surface area contributed by atoms with Crippen LogP contribution in [0.5, 0.6) is 0 Å². The maximum atomic E-state index is 12.1. The summed E-state index contributed by atoms with van der Waals surface area (Å²) in [5.74, 6) is 1.58. The summed E-state index contributed by atoms with van der Waals surface area (Å²) in [5.41, 5.74) is 1.24. The van der Waals surface area contributed by atoms with Crippen molar-refractivity contribution in [3.05, 3.63) is 12.2 Å². The predicted octanol–water partition coefficient (Wildman–Crippen LogP) is 3.47. The number of carbonyl (C=O) groups is 1. The second kappa shape index (κ2) is 4.48. The van der Waals surface area contributed by atoms with Gasteiger partial charge in [0.15, 0.2) is 0 Å². The van der Waals surface area contributed by atoms with Crippen molar-refractivity contribution in [1.29, 1.82) is 0 Å². The van der Waals surface area contributed by atoms with E-state index >= 15 is 0 Å². The molecule has 1 aliphatic carbocycles. The number of ketones is 1. The molecule has 2 heteroatoms. The molecular formula is C16H27NO. The third-order valence-corrected chi connectivity index (χ3v) is 4.94. The van der Waals surface area contributed by atoms with E-state index in [1.54, 1.807) is 0 Å². The van der Waals surface area contributed by atoms with Gasteiger partial charge in [-0.1, -0.05) is 19.1 Å². The fraction of sp³-hybridized carbons (Fsp3) is 0.812. The van der Waals surface area contributed by atoms with Crippen molar-refractivity contribution in [2.24, 2.45) is 11.8 Å². The third-order valence-electron chi connectivity index (χ3n) is 4.94. The van der Waals surface area contributed by atoms with Crippen molar-refractivity contribution >= 4 is 5.78 Å². The molecule has 0 aromatic carbocycles. The quantitative estimate of drug-likeness (QED) is 0.721. The van der Waals surface area contributed by atoms with E-state index in [2.05, 4.69) is 39.6 Å². The number of Topliss-reactive ketones (excluding diaryl/α,β-unsaturated/α-hetero) is 1. The van der Waals surface area contributed by atoms with Crippen molar-refractivity contribution in [2.45, 2.75) is 70.9 Å². The van der Waals surface area contributed by atoms with Gasteiger partial charge in [-0.2, -0.15) is 0 Å². The van der Waals surface area contributed by atoms with Gasteiger partial charge in [0.2, 0.25) is 0 Å². The van der Waals surface area contributed by atoms with E-state index in [1.807, 2.05) is 0 Å². The van der Waals surface area contributed by atoms with Crippen LogP contribution in [0, 0.1) is 11.8 Å². The highest BCUT2D eigenvalue weighted by molar-refractivity contribution is 5.82. The highest BCUT2D eigenvalue weighted by Crippen LogP contribution is 2.45. The summed E-state index contributed by atoms with van der Waals surface area (Å²) in [6, 6.07) is 0. The Kier molecular flexibility index (Phi) is 3.44. The summed E-state index contributed by atoms with van der Waals surface area (Å²) in [6.07, 6.45) is 4.89. The van der Waals surface area contributed by atoms with Crippen LogP contribution in [0.2, 0.25) is 0 Å². The Morgan fingerprint density at radius 1 is 1.33 bits per heavy atom. The third kappa shape index (κ3) is 2.54. The Labute approximate surface area is 111 Å². The average molecular weight is 249 g/mol. The molecule has 1 spiro atoms. The van der Waals surface area contributed by atoms with E-state index in [0.717, 1.165) is 6.42 Å². The summed E-state index contributed by atoms with van der Waals surface area (Å²) < 4.78 is 0. The molecule has 2 rings (SSSR count). The monoisotopic (exact) mass is 249 g/mol. The zero-order valence-corrected chi connectivity index (χ0v) is 12.3. The molecule has 1 heterocycles. The van der Waals surface area contributed by atoms with E-state index < -0.39 is 0 Å². The average Bonchev–Trinajstić information content (AvgIpc) is 2.19. The van der Waals surface area contributed by atoms with Crippen molar-refractivity contribution in [2.75, 3.05) is 0 Å².